The second-order valence-corrected chi connectivity index (χ2v) is 8.35. The highest BCUT2D eigenvalue weighted by Crippen LogP contribution is 2.40. The maximum Gasteiger partial charge on any atom is 0.285 e. The predicted octanol–water partition coefficient (Wildman–Crippen LogP) is -5.34. The van der Waals surface area contributed by atoms with Gasteiger partial charge in [-0.25, -0.2) is 0 Å². The molecule has 1 aromatic rings. The number of aliphatic hydroxyl groups excluding tert-OH is 2. The minimum Gasteiger partial charge on any atom is -0.394 e. The van der Waals surface area contributed by atoms with Crippen molar-refractivity contribution >= 4 is 0 Å². The van der Waals surface area contributed by atoms with Crippen LogP contribution in [0.1, 0.15) is 30.9 Å². The molecular weight excluding hydrogens is 434 g/mol. The first kappa shape index (κ1) is 28.7. The average molecular weight is 467 g/mol. The lowest BCUT2D eigenvalue weighted by atomic mass is 9.83. The van der Waals surface area contributed by atoms with Gasteiger partial charge in [-0.05, 0) is 37.3 Å². The first-order valence-corrected chi connectivity index (χ1v) is 9.60. The van der Waals surface area contributed by atoms with Crippen molar-refractivity contribution in [3.05, 3.63) is 35.4 Å². The lowest BCUT2D eigenvalue weighted by molar-refractivity contribution is -0.537. The van der Waals surface area contributed by atoms with Crippen molar-refractivity contribution in [2.45, 2.75) is 67.1 Å². The molecule has 0 aliphatic heterocycles. The van der Waals surface area contributed by atoms with Gasteiger partial charge >= 0.3 is 0 Å². The smallest absolute Gasteiger partial charge is 0.285 e. The van der Waals surface area contributed by atoms with Gasteiger partial charge in [-0.1, -0.05) is 24.3 Å². The van der Waals surface area contributed by atoms with Crippen LogP contribution < -0.4 is 5.73 Å². The molecule has 0 aliphatic carbocycles. The van der Waals surface area contributed by atoms with Crippen molar-refractivity contribution in [1.29, 1.82) is 0 Å². The fraction of sp³-hybridized carbons (Fsp3) is 0.684. The third-order valence-corrected chi connectivity index (χ3v) is 5.52. The van der Waals surface area contributed by atoms with Gasteiger partial charge in [0.25, 0.3) is 17.4 Å². The van der Waals surface area contributed by atoms with Crippen molar-refractivity contribution in [1.82, 2.24) is 0 Å². The third kappa shape index (κ3) is 5.60. The molecular formula is C19H33NO12. The SMILES string of the molecule is CC(O)(O)C(O)(O)C(O)(O)C(O)(O)C(O)(O)CCc1ccc(CCC(N)(CO)CO)cc1. The van der Waals surface area contributed by atoms with Crippen LogP contribution in [-0.2, 0) is 12.8 Å². The summed E-state index contributed by atoms with van der Waals surface area (Å²) >= 11 is 0. The zero-order valence-electron chi connectivity index (χ0n) is 17.5. The van der Waals surface area contributed by atoms with E-state index in [0.717, 1.165) is 5.56 Å². The largest absolute Gasteiger partial charge is 0.394 e. The molecule has 13 heteroatoms. The van der Waals surface area contributed by atoms with E-state index in [1.807, 2.05) is 0 Å². The number of hydrogen-bond acceptors (Lipinski definition) is 13. The van der Waals surface area contributed by atoms with Gasteiger partial charge in [0.15, 0.2) is 0 Å². The Kier molecular flexibility index (Phi) is 8.55. The Hall–Kier alpha value is -1.30. The Labute approximate surface area is 183 Å². The molecule has 0 atom stereocenters. The van der Waals surface area contributed by atoms with E-state index in [0.29, 0.717) is 12.0 Å². The normalized spacial score (nSPS) is 14.7. The lowest BCUT2D eigenvalue weighted by Crippen LogP contribution is -2.80. The van der Waals surface area contributed by atoms with Gasteiger partial charge in [0.05, 0.1) is 18.8 Å². The molecule has 1 aromatic carbocycles. The molecule has 0 saturated carbocycles. The topological polar surface area (TPSA) is 269 Å². The van der Waals surface area contributed by atoms with E-state index in [-0.39, 0.29) is 19.8 Å². The van der Waals surface area contributed by atoms with E-state index in [2.05, 4.69) is 0 Å². The second-order valence-electron chi connectivity index (χ2n) is 8.35. The maximum atomic E-state index is 10.0. The van der Waals surface area contributed by atoms with Crippen LogP contribution in [0, 0.1) is 0 Å². The standard InChI is InChI=1S/C19H33NO12/c1-14(23,24)17(27,28)19(31,32)18(29,30)16(25,26)9-7-13-4-2-12(3-5-13)6-8-15(20,10-21)11-22/h2-5,21-32H,6-11,20H2,1H3. The first-order chi connectivity index (χ1) is 14.3. The van der Waals surface area contributed by atoms with Gasteiger partial charge in [0.2, 0.25) is 11.6 Å². The molecule has 0 aromatic heterocycles. The number of nitrogens with two attached hydrogens (primary N) is 1. The van der Waals surface area contributed by atoms with Gasteiger partial charge in [-0.15, -0.1) is 0 Å². The Morgan fingerprint density at radius 2 is 1.00 bits per heavy atom. The lowest BCUT2D eigenvalue weighted by Gasteiger charge is -2.49. The van der Waals surface area contributed by atoms with Gasteiger partial charge in [-0.2, -0.15) is 0 Å². The zero-order valence-corrected chi connectivity index (χ0v) is 17.5. The highest BCUT2D eigenvalue weighted by atomic mass is 16.7. The summed E-state index contributed by atoms with van der Waals surface area (Å²) in [6.07, 6.45) is -0.556. The summed E-state index contributed by atoms with van der Waals surface area (Å²) in [5, 5.41) is 116. The molecule has 1 rings (SSSR count). The summed E-state index contributed by atoms with van der Waals surface area (Å²) in [6.45, 7) is -0.544. The van der Waals surface area contributed by atoms with E-state index >= 15 is 0 Å². The molecule has 13 nitrogen and oxygen atoms in total. The minimum absolute atomic E-state index is 0.276. The highest BCUT2D eigenvalue weighted by Gasteiger charge is 2.74. The summed E-state index contributed by atoms with van der Waals surface area (Å²) < 4.78 is 0. The maximum absolute atomic E-state index is 10.0. The van der Waals surface area contributed by atoms with Gasteiger partial charge in [-0.3, -0.25) is 0 Å². The molecule has 0 aliphatic rings. The molecule has 14 N–H and O–H groups in total. The summed E-state index contributed by atoms with van der Waals surface area (Å²) in [4.78, 5) is 0. The average Bonchev–Trinajstić information content (AvgIpc) is 2.70. The van der Waals surface area contributed by atoms with Crippen LogP contribution in [0.4, 0.5) is 0 Å². The van der Waals surface area contributed by atoms with Gasteiger partial charge in [0, 0.05) is 6.42 Å². The number of aryl methyl sites for hydroxylation is 2. The molecule has 0 spiro atoms. The zero-order chi connectivity index (χ0) is 25.2. The van der Waals surface area contributed by atoms with Crippen LogP contribution in [0.3, 0.4) is 0 Å². The van der Waals surface area contributed by atoms with Crippen molar-refractivity contribution in [3.8, 4) is 0 Å². The van der Waals surface area contributed by atoms with Crippen LogP contribution >= 0.6 is 0 Å². The molecule has 0 heterocycles. The summed E-state index contributed by atoms with van der Waals surface area (Å²) in [7, 11) is 0. The molecule has 0 amide bonds. The van der Waals surface area contributed by atoms with Crippen LogP contribution in [0.5, 0.6) is 0 Å². The molecule has 0 bridgehead atoms. The van der Waals surface area contributed by atoms with Gasteiger partial charge < -0.3 is 67.0 Å². The van der Waals surface area contributed by atoms with Crippen LogP contribution in [0.2, 0.25) is 0 Å². The van der Waals surface area contributed by atoms with Crippen molar-refractivity contribution in [3.63, 3.8) is 0 Å². The second kappa shape index (κ2) is 9.52. The quantitative estimate of drug-likeness (QED) is 0.128. The molecule has 0 saturated heterocycles. The fourth-order valence-electron chi connectivity index (χ4n) is 2.82. The van der Waals surface area contributed by atoms with E-state index in [1.165, 1.54) is 12.1 Å². The first-order valence-electron chi connectivity index (χ1n) is 9.60. The van der Waals surface area contributed by atoms with Crippen molar-refractivity contribution in [2.75, 3.05) is 13.2 Å². The number of rotatable bonds is 12. The van der Waals surface area contributed by atoms with Gasteiger partial charge in [0.1, 0.15) is 0 Å². The number of aliphatic hydroxyl groups is 12. The van der Waals surface area contributed by atoms with E-state index in [1.54, 1.807) is 12.1 Å². The third-order valence-electron chi connectivity index (χ3n) is 5.52. The Balaban J connectivity index is 2.92. The predicted molar refractivity (Wildman–Crippen MR) is 106 cm³/mol. The van der Waals surface area contributed by atoms with E-state index in [4.69, 9.17) is 5.73 Å². The summed E-state index contributed by atoms with van der Waals surface area (Å²) in [5.74, 6) is -21.0. The molecule has 0 radical (unpaired) electrons. The molecule has 186 valence electrons. The van der Waals surface area contributed by atoms with Crippen LogP contribution in [-0.4, -0.2) is 109 Å². The number of hydrogen-bond donors (Lipinski definition) is 13. The Morgan fingerprint density at radius 3 is 1.34 bits per heavy atom. The van der Waals surface area contributed by atoms with E-state index in [9.17, 15) is 61.3 Å². The monoisotopic (exact) mass is 467 g/mol. The van der Waals surface area contributed by atoms with Crippen LogP contribution in [0.25, 0.3) is 0 Å². The molecule has 32 heavy (non-hydrogen) atoms. The summed E-state index contributed by atoms with van der Waals surface area (Å²) in [5.41, 5.74) is 5.84. The van der Waals surface area contributed by atoms with E-state index < -0.39 is 54.1 Å². The van der Waals surface area contributed by atoms with Crippen LogP contribution in [0.15, 0.2) is 24.3 Å². The Morgan fingerprint density at radius 1 is 0.625 bits per heavy atom. The molecule has 0 unspecified atom stereocenters. The number of benzene rings is 1. The Bertz CT molecular complexity index is 736. The van der Waals surface area contributed by atoms with Crippen molar-refractivity contribution < 1.29 is 61.3 Å². The molecule has 0 fully saturated rings. The van der Waals surface area contributed by atoms with Crippen molar-refractivity contribution in [2.24, 2.45) is 5.73 Å². The minimum atomic E-state index is -4.64. The summed E-state index contributed by atoms with van der Waals surface area (Å²) in [6, 6.07) is 6.32. The highest BCUT2D eigenvalue weighted by molar-refractivity contribution is 5.23. The fourth-order valence-corrected chi connectivity index (χ4v) is 2.82.